The second-order valence-electron chi connectivity index (χ2n) is 4.94. The number of hydrogen-bond acceptors (Lipinski definition) is 4. The van der Waals surface area contributed by atoms with Crippen molar-refractivity contribution >= 4 is 46.2 Å². The molecule has 0 fully saturated rings. The van der Waals surface area contributed by atoms with Gasteiger partial charge in [0.2, 0.25) is 0 Å². The molecule has 0 radical (unpaired) electrons. The first-order valence-corrected chi connectivity index (χ1v) is 8.79. The highest BCUT2D eigenvalue weighted by atomic mass is 127. The molecule has 0 saturated carbocycles. The van der Waals surface area contributed by atoms with E-state index in [2.05, 4.69) is 27.9 Å². The predicted molar refractivity (Wildman–Crippen MR) is 105 cm³/mol. The average molecular weight is 451 g/mol. The zero-order chi connectivity index (χ0) is 18.1. The molecule has 0 atom stereocenters. The van der Waals surface area contributed by atoms with E-state index in [1.165, 1.54) is 6.08 Å². The number of carbonyl (C=O) groups excluding carboxylic acids is 2. The minimum absolute atomic E-state index is 0.346. The van der Waals surface area contributed by atoms with Crippen molar-refractivity contribution in [3.63, 3.8) is 0 Å². The summed E-state index contributed by atoms with van der Waals surface area (Å²) in [5, 5.41) is 2.70. The van der Waals surface area contributed by atoms with Gasteiger partial charge < -0.3 is 14.8 Å². The number of hydrogen-bond donors (Lipinski definition) is 1. The van der Waals surface area contributed by atoms with Crippen molar-refractivity contribution < 1.29 is 19.1 Å². The Labute approximate surface area is 160 Å². The summed E-state index contributed by atoms with van der Waals surface area (Å²) in [5.74, 6) is -0.296. The van der Waals surface area contributed by atoms with Gasteiger partial charge in [-0.25, -0.2) is 4.79 Å². The standard InChI is InChI=1S/C19H18INO4/c1-2-24-17-10-6-3-7-14(17)11-12-19(23)25-13-18(22)21-16-9-5-4-8-15(16)20/h3-12H,2,13H2,1H3,(H,21,22)/b12-11+. The molecule has 2 aromatic carbocycles. The first kappa shape index (κ1) is 19.0. The van der Waals surface area contributed by atoms with Crippen molar-refractivity contribution in [2.24, 2.45) is 0 Å². The number of benzene rings is 2. The van der Waals surface area contributed by atoms with Gasteiger partial charge in [0.05, 0.1) is 12.3 Å². The highest BCUT2D eigenvalue weighted by Gasteiger charge is 2.08. The van der Waals surface area contributed by atoms with E-state index in [1.807, 2.05) is 49.4 Å². The summed E-state index contributed by atoms with van der Waals surface area (Å²) >= 11 is 2.12. The lowest BCUT2D eigenvalue weighted by Gasteiger charge is -2.07. The SMILES string of the molecule is CCOc1ccccc1/C=C/C(=O)OCC(=O)Nc1ccccc1I. The fourth-order valence-electron chi connectivity index (χ4n) is 2.00. The Hall–Kier alpha value is -2.35. The average Bonchev–Trinajstić information content (AvgIpc) is 2.61. The van der Waals surface area contributed by atoms with Gasteiger partial charge in [0.15, 0.2) is 6.61 Å². The fourth-order valence-corrected chi connectivity index (χ4v) is 2.52. The molecule has 5 nitrogen and oxygen atoms in total. The molecule has 0 aromatic heterocycles. The van der Waals surface area contributed by atoms with E-state index in [-0.39, 0.29) is 12.5 Å². The normalized spacial score (nSPS) is 10.5. The minimum Gasteiger partial charge on any atom is -0.493 e. The Kier molecular flexibility index (Phi) is 7.46. The van der Waals surface area contributed by atoms with Crippen LogP contribution in [0.1, 0.15) is 12.5 Å². The van der Waals surface area contributed by atoms with Crippen LogP contribution in [0.2, 0.25) is 0 Å². The van der Waals surface area contributed by atoms with E-state index in [0.717, 1.165) is 9.13 Å². The molecule has 0 unspecified atom stereocenters. The molecular weight excluding hydrogens is 433 g/mol. The lowest BCUT2D eigenvalue weighted by Crippen LogP contribution is -2.20. The van der Waals surface area contributed by atoms with Gasteiger partial charge in [-0.1, -0.05) is 30.3 Å². The monoisotopic (exact) mass is 451 g/mol. The summed E-state index contributed by atoms with van der Waals surface area (Å²) in [6.07, 6.45) is 2.88. The number of esters is 1. The highest BCUT2D eigenvalue weighted by Crippen LogP contribution is 2.19. The molecule has 25 heavy (non-hydrogen) atoms. The Balaban J connectivity index is 1.86. The third-order valence-electron chi connectivity index (χ3n) is 3.11. The minimum atomic E-state index is -0.593. The van der Waals surface area contributed by atoms with E-state index in [9.17, 15) is 9.59 Å². The predicted octanol–water partition coefficient (Wildman–Crippen LogP) is 3.89. The lowest BCUT2D eigenvalue weighted by atomic mass is 10.2. The van der Waals surface area contributed by atoms with Gasteiger partial charge >= 0.3 is 5.97 Å². The van der Waals surface area contributed by atoms with Crippen molar-refractivity contribution in [3.05, 3.63) is 63.7 Å². The maximum Gasteiger partial charge on any atom is 0.331 e. The maximum atomic E-state index is 11.8. The van der Waals surface area contributed by atoms with Crippen LogP contribution in [-0.2, 0) is 14.3 Å². The van der Waals surface area contributed by atoms with Crippen LogP contribution in [0.15, 0.2) is 54.6 Å². The molecule has 130 valence electrons. The number of nitrogens with one attached hydrogen (secondary N) is 1. The summed E-state index contributed by atoms with van der Waals surface area (Å²) in [6.45, 7) is 2.08. The maximum absolute atomic E-state index is 11.8. The Morgan fingerprint density at radius 1 is 1.12 bits per heavy atom. The van der Waals surface area contributed by atoms with E-state index < -0.39 is 5.97 Å². The summed E-state index contributed by atoms with van der Waals surface area (Å²) in [5.41, 5.74) is 1.45. The van der Waals surface area contributed by atoms with Crippen LogP contribution >= 0.6 is 22.6 Å². The first-order chi connectivity index (χ1) is 12.1. The third kappa shape index (κ3) is 6.22. The number of ether oxygens (including phenoxy) is 2. The van der Waals surface area contributed by atoms with Gasteiger partial charge in [-0.3, -0.25) is 4.79 Å². The number of anilines is 1. The molecule has 1 N–H and O–H groups in total. The van der Waals surface area contributed by atoms with Gasteiger partial charge in [-0.2, -0.15) is 0 Å². The molecule has 6 heteroatoms. The van der Waals surface area contributed by atoms with Crippen LogP contribution in [0.4, 0.5) is 5.69 Å². The molecule has 0 aliphatic carbocycles. The summed E-state index contributed by atoms with van der Waals surface area (Å²) in [7, 11) is 0. The number of carbonyl (C=O) groups is 2. The second kappa shape index (κ2) is 9.83. The Morgan fingerprint density at radius 3 is 2.60 bits per heavy atom. The molecule has 2 aromatic rings. The van der Waals surface area contributed by atoms with Crippen LogP contribution in [-0.4, -0.2) is 25.1 Å². The van der Waals surface area contributed by atoms with Crippen molar-refractivity contribution in [1.82, 2.24) is 0 Å². The van der Waals surface area contributed by atoms with Gasteiger partial charge in [0, 0.05) is 15.2 Å². The fraction of sp³-hybridized carbons (Fsp3) is 0.158. The van der Waals surface area contributed by atoms with Crippen molar-refractivity contribution in [2.45, 2.75) is 6.92 Å². The van der Waals surface area contributed by atoms with Crippen LogP contribution in [0, 0.1) is 3.57 Å². The Morgan fingerprint density at radius 2 is 1.84 bits per heavy atom. The van der Waals surface area contributed by atoms with Gasteiger partial charge in [-0.15, -0.1) is 0 Å². The van der Waals surface area contributed by atoms with Crippen LogP contribution < -0.4 is 10.1 Å². The molecule has 0 aliphatic rings. The molecular formula is C19H18INO4. The largest absolute Gasteiger partial charge is 0.493 e. The second-order valence-corrected chi connectivity index (χ2v) is 6.10. The molecule has 0 heterocycles. The van der Waals surface area contributed by atoms with Crippen LogP contribution in [0.5, 0.6) is 5.75 Å². The number of halogens is 1. The van der Waals surface area contributed by atoms with Gasteiger partial charge in [0.1, 0.15) is 5.75 Å². The lowest BCUT2D eigenvalue weighted by molar-refractivity contribution is -0.142. The number of rotatable bonds is 7. The van der Waals surface area contributed by atoms with Gasteiger partial charge in [-0.05, 0) is 53.8 Å². The van der Waals surface area contributed by atoms with Gasteiger partial charge in [0.25, 0.3) is 5.91 Å². The third-order valence-corrected chi connectivity index (χ3v) is 4.05. The van der Waals surface area contributed by atoms with Crippen molar-refractivity contribution in [3.8, 4) is 5.75 Å². The summed E-state index contributed by atoms with van der Waals surface area (Å²) in [4.78, 5) is 23.6. The topological polar surface area (TPSA) is 64.6 Å². The smallest absolute Gasteiger partial charge is 0.331 e. The first-order valence-electron chi connectivity index (χ1n) is 7.71. The highest BCUT2D eigenvalue weighted by molar-refractivity contribution is 14.1. The zero-order valence-electron chi connectivity index (χ0n) is 13.7. The van der Waals surface area contributed by atoms with E-state index >= 15 is 0 Å². The van der Waals surface area contributed by atoms with E-state index in [1.54, 1.807) is 12.1 Å². The molecule has 0 saturated heterocycles. The van der Waals surface area contributed by atoms with Crippen LogP contribution in [0.3, 0.4) is 0 Å². The van der Waals surface area contributed by atoms with Crippen LogP contribution in [0.25, 0.3) is 6.08 Å². The molecule has 0 bridgehead atoms. The van der Waals surface area contributed by atoms with Crippen molar-refractivity contribution in [1.29, 1.82) is 0 Å². The van der Waals surface area contributed by atoms with E-state index in [4.69, 9.17) is 9.47 Å². The molecule has 0 aliphatic heterocycles. The van der Waals surface area contributed by atoms with E-state index in [0.29, 0.717) is 18.0 Å². The summed E-state index contributed by atoms with van der Waals surface area (Å²) in [6, 6.07) is 14.7. The summed E-state index contributed by atoms with van der Waals surface area (Å²) < 4.78 is 11.3. The number of para-hydroxylation sites is 2. The zero-order valence-corrected chi connectivity index (χ0v) is 15.9. The number of amides is 1. The molecule has 0 spiro atoms. The molecule has 1 amide bonds. The molecule has 2 rings (SSSR count). The quantitative estimate of drug-likeness (QED) is 0.394. The Bertz CT molecular complexity index is 774. The van der Waals surface area contributed by atoms with Crippen molar-refractivity contribution in [2.75, 3.05) is 18.5 Å².